The summed E-state index contributed by atoms with van der Waals surface area (Å²) >= 11 is -3.30. The molecular formula is C132H226Cl8Si3Zr4. The second kappa shape index (κ2) is 68.1. The number of hydrogen-bond donors (Lipinski definition) is 0. The van der Waals surface area contributed by atoms with Gasteiger partial charge in [-0.3, -0.25) is 0 Å². The van der Waals surface area contributed by atoms with Crippen LogP contribution in [0.25, 0.3) is 0 Å². The van der Waals surface area contributed by atoms with E-state index in [9.17, 15) is 0 Å². The summed E-state index contributed by atoms with van der Waals surface area (Å²) in [6.45, 7) is 25.9. The minimum atomic E-state index is -1.41. The predicted molar refractivity (Wildman–Crippen MR) is 653 cm³/mol. The van der Waals surface area contributed by atoms with Crippen molar-refractivity contribution in [2.24, 2.45) is 178 Å². The van der Waals surface area contributed by atoms with Crippen LogP contribution in [-0.2, 0) is 88.8 Å². The molecule has 838 valence electrons. The van der Waals surface area contributed by atoms with Crippen molar-refractivity contribution in [3.05, 3.63) is 146 Å². The fraction of sp³-hybridized carbons (Fsp3) is 0.833. The van der Waals surface area contributed by atoms with E-state index in [2.05, 4.69) is 101 Å². The van der Waals surface area contributed by atoms with Crippen LogP contribution in [0.1, 0.15) is 436 Å². The second-order valence-corrected chi connectivity index (χ2v) is 82.9. The Morgan fingerprint density at radius 3 is 0.544 bits per heavy atom. The monoisotopic (exact) mass is 2540 g/mol. The Labute approximate surface area is 993 Å². The van der Waals surface area contributed by atoms with E-state index >= 15 is 0 Å². The summed E-state index contributed by atoms with van der Waals surface area (Å²) in [6, 6.07) is 16.9. The molecule has 22 aliphatic carbocycles. The molecule has 22 saturated carbocycles. The summed E-state index contributed by atoms with van der Waals surface area (Å²) in [6.07, 6.45) is 113. The SMILES string of the molecule is C=CCCCCC(c1ccccc1)(C1CCCC1)C1C2CCCCC2C2CCCCC21.C=CCC[Si](C)(C1C2CCCCC2C2CCCCC21)C1C2CCCCC2C2CCCCC21.C=CCC[Si](C)(C1C2CCCCC2C2CCCCC21)C1C2CCCCC2C2CCCCC21.C=CCC[Si](C)(C1C2CCCCC2C2CCCCC21)C1C2CCCCC2C2CCCCC21.[CH3-].[CH3-].[CH3-].[CH3-].[CH3-].[CH3-].[CH3-].[CH3-].[Cl][Zr+2][Cl].[Cl][Zr+2][Cl].[Cl][Zr+2][Cl].[Cl][Zr+2][Cl]. The Kier molecular flexibility index (Phi) is 63.3. The zero-order valence-electron chi connectivity index (χ0n) is 96.8. The van der Waals surface area contributed by atoms with Gasteiger partial charge in [0, 0.05) is 5.41 Å². The molecule has 23 rings (SSSR count). The number of unbranched alkanes of at least 4 members (excludes halogenated alkanes) is 2. The predicted octanol–water partition coefficient (Wildman–Crippen LogP) is 47.1. The van der Waals surface area contributed by atoms with Crippen LogP contribution < -0.4 is 0 Å². The molecule has 0 aromatic heterocycles. The molecule has 0 aliphatic heterocycles. The van der Waals surface area contributed by atoms with Crippen molar-refractivity contribution in [2.75, 3.05) is 0 Å². The molecule has 0 amide bonds. The molecule has 29 unspecified atom stereocenters. The summed E-state index contributed by atoms with van der Waals surface area (Å²) in [5.74, 6) is 33.4. The van der Waals surface area contributed by atoms with Gasteiger partial charge in [0.2, 0.25) is 0 Å². The van der Waals surface area contributed by atoms with Gasteiger partial charge < -0.3 is 59.4 Å². The van der Waals surface area contributed by atoms with Crippen molar-refractivity contribution in [2.45, 2.75) is 507 Å². The third kappa shape index (κ3) is 29.9. The zero-order valence-corrected chi connectivity index (χ0v) is 116. The quantitative estimate of drug-likeness (QED) is 0.0443. The number of halogens is 8. The third-order valence-electron chi connectivity index (χ3n) is 49.0. The molecule has 147 heavy (non-hydrogen) atoms. The first kappa shape index (κ1) is 137. The van der Waals surface area contributed by atoms with Crippen LogP contribution in [0.2, 0.25) is 71.0 Å². The van der Waals surface area contributed by atoms with Crippen LogP contribution in [-0.4, -0.2) is 24.2 Å². The standard InChI is InChI=1S/3C31H52Si.C31H46.8CH3.8ClH.4Zr/c3*1-3-4-21-32(2,30-26-17-9-5-13-22(26)23-14-6-10-18-27(23)30)31-28-19-11-7-15-24(28)25-16-8-12-20-29(25)31;1-2-3-4-14-23-31(25-17-8-9-18-25,24-15-6-5-7-16-24)30-28-21-12-10-19-26(28)27-20-11-13-22-29(27)30;;;;;;;;;;;;;;;;;;;;/h3*3,22-31H,1,4-21H2,2H3;2,5-7,15-16,25-30H,1,3-4,8-14,17-23H2;8*1H3;8*1H;;;;/q;;;;8*-1;;;;;;;;;4*+4/p-8. The van der Waals surface area contributed by atoms with Gasteiger partial charge in [-0.25, -0.2) is 0 Å². The Balaban J connectivity index is 0.000000226. The van der Waals surface area contributed by atoms with Crippen molar-refractivity contribution >= 4 is 92.3 Å². The number of allylic oxidation sites excluding steroid dienone is 4. The number of fused-ring (bicyclic) bond motifs is 21. The molecule has 0 nitrogen and oxygen atoms in total. The molecule has 1 aromatic rings. The van der Waals surface area contributed by atoms with Gasteiger partial charge in [0.05, 0.1) is 24.2 Å². The van der Waals surface area contributed by atoms with Crippen molar-refractivity contribution in [1.82, 2.24) is 0 Å². The summed E-state index contributed by atoms with van der Waals surface area (Å²) < 4.78 is 0. The Bertz CT molecular complexity index is 3200. The fourth-order valence-electron chi connectivity index (χ4n) is 46.2. The van der Waals surface area contributed by atoms with Gasteiger partial charge >= 0.3 is 151 Å². The van der Waals surface area contributed by atoms with E-state index < -0.39 is 108 Å². The molecular weight excluding hydrogens is 2320 g/mol. The van der Waals surface area contributed by atoms with E-state index in [-0.39, 0.29) is 59.4 Å². The number of benzene rings is 1. The first-order valence-corrected chi connectivity index (χ1v) is 95.5. The van der Waals surface area contributed by atoms with E-state index in [0.717, 1.165) is 178 Å². The van der Waals surface area contributed by atoms with Gasteiger partial charge in [0.25, 0.3) is 0 Å². The van der Waals surface area contributed by atoms with Crippen LogP contribution in [0.3, 0.4) is 0 Å². The molecule has 0 N–H and O–H groups in total. The summed E-state index contributed by atoms with van der Waals surface area (Å²) in [4.78, 5) is 0. The van der Waals surface area contributed by atoms with Crippen LogP contribution in [0.4, 0.5) is 0 Å². The first-order chi connectivity index (χ1) is 68.2. The molecule has 1 aromatic carbocycles. The Morgan fingerprint density at radius 2 is 0.374 bits per heavy atom. The van der Waals surface area contributed by atoms with Gasteiger partial charge in [-0.1, -0.05) is 369 Å². The third-order valence-corrected chi connectivity index (χ3v) is 67.4. The summed E-state index contributed by atoms with van der Waals surface area (Å²) in [5, 5.41) is 0. The molecule has 22 fully saturated rings. The van der Waals surface area contributed by atoms with Gasteiger partial charge in [-0.15, -0.1) is 26.3 Å². The second-order valence-electron chi connectivity index (χ2n) is 53.5. The van der Waals surface area contributed by atoms with E-state index in [1.54, 1.807) is 345 Å². The van der Waals surface area contributed by atoms with Crippen LogP contribution >= 0.6 is 68.1 Å². The van der Waals surface area contributed by atoms with Crippen molar-refractivity contribution < 1.29 is 83.4 Å². The van der Waals surface area contributed by atoms with Gasteiger partial charge in [0.15, 0.2) is 0 Å². The van der Waals surface area contributed by atoms with Gasteiger partial charge in [0.1, 0.15) is 0 Å². The molecule has 0 spiro atoms. The van der Waals surface area contributed by atoms with Gasteiger partial charge in [-0.05, 0) is 370 Å². The average molecular weight is 2550 g/mol. The average Bonchev–Trinajstić information content (AvgIpc) is 1.55. The number of rotatable bonds is 23. The molecule has 0 heterocycles. The molecule has 15 heteroatoms. The Morgan fingerprint density at radius 1 is 0.224 bits per heavy atom. The van der Waals surface area contributed by atoms with Gasteiger partial charge in [-0.2, -0.15) is 0 Å². The van der Waals surface area contributed by atoms with E-state index in [1.165, 1.54) is 142 Å². The van der Waals surface area contributed by atoms with Crippen LogP contribution in [0.5, 0.6) is 0 Å². The van der Waals surface area contributed by atoms with Crippen LogP contribution in [0, 0.1) is 237 Å². The maximum atomic E-state index is 4.93. The molecule has 22 aliphatic rings. The van der Waals surface area contributed by atoms with E-state index in [4.69, 9.17) is 68.1 Å². The Hall–Kier alpha value is 4.68. The summed E-state index contributed by atoms with van der Waals surface area (Å²) in [5.41, 5.74) is 9.30. The minimum absolute atomic E-state index is 0. The summed E-state index contributed by atoms with van der Waals surface area (Å²) in [7, 11) is 35.2. The maximum absolute atomic E-state index is 4.93. The molecule has 0 bridgehead atoms. The van der Waals surface area contributed by atoms with Crippen molar-refractivity contribution in [3.63, 3.8) is 0 Å². The fourth-order valence-corrected chi connectivity index (χ4v) is 68.7. The van der Waals surface area contributed by atoms with E-state index in [0.29, 0.717) is 5.41 Å². The number of hydrogen-bond acceptors (Lipinski definition) is 0. The molecule has 29 atom stereocenters. The van der Waals surface area contributed by atoms with Crippen molar-refractivity contribution in [3.8, 4) is 0 Å². The van der Waals surface area contributed by atoms with E-state index in [1.807, 2.05) is 0 Å². The molecule has 0 radical (unpaired) electrons. The first-order valence-electron chi connectivity index (χ1n) is 61.6. The van der Waals surface area contributed by atoms with Crippen molar-refractivity contribution in [1.29, 1.82) is 0 Å². The molecule has 0 saturated heterocycles. The normalized spacial score (nSPS) is 40.3. The van der Waals surface area contributed by atoms with Crippen LogP contribution in [0.15, 0.2) is 81.0 Å². The topological polar surface area (TPSA) is 0 Å². The zero-order chi connectivity index (χ0) is 97.1.